The standard InChI is InChI=1S/C16H22BrNO4/c1-10-6-7-11(8-12(10)17)13(9-14(19)21-5)18-15(20)22-16(2,3)4/h6-8,13H,9H2,1-5H3,(H,18,20). The second-order valence-corrected chi connectivity index (χ2v) is 6.84. The molecule has 6 heteroatoms. The van der Waals surface area contributed by atoms with Crippen LogP contribution in [0.1, 0.15) is 44.4 Å². The van der Waals surface area contributed by atoms with Crippen LogP contribution in [-0.4, -0.2) is 24.8 Å². The third-order valence-electron chi connectivity index (χ3n) is 2.89. The maximum Gasteiger partial charge on any atom is 0.408 e. The summed E-state index contributed by atoms with van der Waals surface area (Å²) in [6.07, 6.45) is -0.538. The van der Waals surface area contributed by atoms with Gasteiger partial charge in [0.1, 0.15) is 5.60 Å². The Kier molecular flexibility index (Phi) is 6.41. The zero-order valence-electron chi connectivity index (χ0n) is 13.5. The van der Waals surface area contributed by atoms with Gasteiger partial charge < -0.3 is 14.8 Å². The Morgan fingerprint density at radius 3 is 2.45 bits per heavy atom. The van der Waals surface area contributed by atoms with Gasteiger partial charge in [0.05, 0.1) is 19.6 Å². The van der Waals surface area contributed by atoms with E-state index >= 15 is 0 Å². The molecule has 1 N–H and O–H groups in total. The Bertz CT molecular complexity index is 552. The van der Waals surface area contributed by atoms with Crippen molar-refractivity contribution in [2.45, 2.75) is 45.8 Å². The number of amides is 1. The molecule has 1 rings (SSSR count). The van der Waals surface area contributed by atoms with Crippen LogP contribution >= 0.6 is 15.9 Å². The van der Waals surface area contributed by atoms with Gasteiger partial charge in [0.15, 0.2) is 0 Å². The molecule has 0 bridgehead atoms. The zero-order valence-corrected chi connectivity index (χ0v) is 15.1. The molecule has 0 saturated carbocycles. The van der Waals surface area contributed by atoms with E-state index in [0.717, 1.165) is 15.6 Å². The van der Waals surface area contributed by atoms with Crippen LogP contribution in [0.4, 0.5) is 4.79 Å². The molecule has 0 aliphatic heterocycles. The van der Waals surface area contributed by atoms with E-state index < -0.39 is 23.7 Å². The number of alkyl carbamates (subject to hydrolysis) is 1. The molecule has 0 aromatic heterocycles. The van der Waals surface area contributed by atoms with Crippen LogP contribution in [0, 0.1) is 6.92 Å². The van der Waals surface area contributed by atoms with E-state index in [1.54, 1.807) is 20.8 Å². The van der Waals surface area contributed by atoms with Gasteiger partial charge in [0.25, 0.3) is 0 Å². The van der Waals surface area contributed by atoms with Crippen LogP contribution in [0.3, 0.4) is 0 Å². The second kappa shape index (κ2) is 7.63. The Morgan fingerprint density at radius 1 is 1.32 bits per heavy atom. The van der Waals surface area contributed by atoms with Crippen molar-refractivity contribution < 1.29 is 19.1 Å². The molecule has 0 saturated heterocycles. The lowest BCUT2D eigenvalue weighted by Crippen LogP contribution is -2.36. The minimum Gasteiger partial charge on any atom is -0.469 e. The van der Waals surface area contributed by atoms with Crippen LogP contribution in [0.5, 0.6) is 0 Å². The summed E-state index contributed by atoms with van der Waals surface area (Å²) in [6, 6.07) is 5.14. The van der Waals surface area contributed by atoms with Crippen molar-refractivity contribution in [3.8, 4) is 0 Å². The summed E-state index contributed by atoms with van der Waals surface area (Å²) in [7, 11) is 1.32. The van der Waals surface area contributed by atoms with Crippen molar-refractivity contribution in [3.05, 3.63) is 33.8 Å². The van der Waals surface area contributed by atoms with Gasteiger partial charge in [-0.05, 0) is 44.9 Å². The number of methoxy groups -OCH3 is 1. The monoisotopic (exact) mass is 371 g/mol. The molecule has 1 aromatic carbocycles. The molecule has 0 radical (unpaired) electrons. The summed E-state index contributed by atoms with van der Waals surface area (Å²) in [4.78, 5) is 23.6. The van der Waals surface area contributed by atoms with Crippen molar-refractivity contribution in [2.24, 2.45) is 0 Å². The summed E-state index contributed by atoms with van der Waals surface area (Å²) in [6.45, 7) is 7.31. The number of rotatable bonds is 4. The molecule has 1 aromatic rings. The van der Waals surface area contributed by atoms with Crippen LogP contribution in [0.15, 0.2) is 22.7 Å². The maximum atomic E-state index is 12.0. The average molecular weight is 372 g/mol. The third kappa shape index (κ3) is 6.05. The summed E-state index contributed by atoms with van der Waals surface area (Å²) >= 11 is 3.45. The van der Waals surface area contributed by atoms with E-state index in [-0.39, 0.29) is 6.42 Å². The van der Waals surface area contributed by atoms with Gasteiger partial charge in [0, 0.05) is 4.47 Å². The minimum absolute atomic E-state index is 0.0330. The van der Waals surface area contributed by atoms with E-state index in [4.69, 9.17) is 9.47 Å². The van der Waals surface area contributed by atoms with Gasteiger partial charge in [-0.1, -0.05) is 28.1 Å². The van der Waals surface area contributed by atoms with Crippen LogP contribution in [0.2, 0.25) is 0 Å². The van der Waals surface area contributed by atoms with E-state index in [2.05, 4.69) is 21.2 Å². The first-order valence-corrected chi connectivity index (χ1v) is 7.74. The van der Waals surface area contributed by atoms with Crippen molar-refractivity contribution in [3.63, 3.8) is 0 Å². The summed E-state index contributed by atoms with van der Waals surface area (Å²) < 4.78 is 10.8. The lowest BCUT2D eigenvalue weighted by molar-refractivity contribution is -0.141. The highest BCUT2D eigenvalue weighted by Gasteiger charge is 2.23. The molecule has 1 amide bonds. The predicted molar refractivity (Wildman–Crippen MR) is 87.6 cm³/mol. The van der Waals surface area contributed by atoms with Crippen molar-refractivity contribution in [2.75, 3.05) is 7.11 Å². The highest BCUT2D eigenvalue weighted by atomic mass is 79.9. The fourth-order valence-electron chi connectivity index (χ4n) is 1.78. The predicted octanol–water partition coefficient (Wildman–Crippen LogP) is 3.89. The van der Waals surface area contributed by atoms with Crippen LogP contribution in [-0.2, 0) is 14.3 Å². The molecular weight excluding hydrogens is 350 g/mol. The largest absolute Gasteiger partial charge is 0.469 e. The number of aryl methyl sites for hydroxylation is 1. The quantitative estimate of drug-likeness (QED) is 0.815. The average Bonchev–Trinajstić information content (AvgIpc) is 2.38. The van der Waals surface area contributed by atoms with E-state index in [0.29, 0.717) is 0 Å². The summed E-state index contributed by atoms with van der Waals surface area (Å²) in [5.74, 6) is -0.405. The molecule has 122 valence electrons. The number of benzene rings is 1. The van der Waals surface area contributed by atoms with Gasteiger partial charge in [-0.2, -0.15) is 0 Å². The van der Waals surface area contributed by atoms with Gasteiger partial charge in [-0.15, -0.1) is 0 Å². The topological polar surface area (TPSA) is 64.6 Å². The lowest BCUT2D eigenvalue weighted by atomic mass is 10.0. The van der Waals surface area contributed by atoms with Crippen molar-refractivity contribution in [1.29, 1.82) is 0 Å². The Balaban J connectivity index is 2.95. The number of carbonyl (C=O) groups is 2. The first kappa shape index (κ1) is 18.5. The fraction of sp³-hybridized carbons (Fsp3) is 0.500. The van der Waals surface area contributed by atoms with E-state index in [9.17, 15) is 9.59 Å². The smallest absolute Gasteiger partial charge is 0.408 e. The number of ether oxygens (including phenoxy) is 2. The molecule has 0 aliphatic carbocycles. The first-order chi connectivity index (χ1) is 10.1. The summed E-state index contributed by atoms with van der Waals surface area (Å²) in [5.41, 5.74) is 1.26. The minimum atomic E-state index is -0.603. The number of halogens is 1. The molecule has 22 heavy (non-hydrogen) atoms. The molecule has 0 fully saturated rings. The molecule has 0 spiro atoms. The highest BCUT2D eigenvalue weighted by Crippen LogP contribution is 2.24. The van der Waals surface area contributed by atoms with E-state index in [1.807, 2.05) is 25.1 Å². The molecule has 5 nitrogen and oxygen atoms in total. The maximum absolute atomic E-state index is 12.0. The van der Waals surface area contributed by atoms with Gasteiger partial charge in [0.2, 0.25) is 0 Å². The van der Waals surface area contributed by atoms with Crippen molar-refractivity contribution in [1.82, 2.24) is 5.32 Å². The summed E-state index contributed by atoms with van der Waals surface area (Å²) in [5, 5.41) is 2.72. The second-order valence-electron chi connectivity index (χ2n) is 5.99. The zero-order chi connectivity index (χ0) is 16.9. The molecule has 1 unspecified atom stereocenters. The number of nitrogens with one attached hydrogen (secondary N) is 1. The molecular formula is C16H22BrNO4. The Labute approximate surface area is 139 Å². The number of carbonyl (C=O) groups excluding carboxylic acids is 2. The van der Waals surface area contributed by atoms with Crippen molar-refractivity contribution >= 4 is 28.0 Å². The van der Waals surface area contributed by atoms with E-state index in [1.165, 1.54) is 7.11 Å². The lowest BCUT2D eigenvalue weighted by Gasteiger charge is -2.23. The van der Waals surface area contributed by atoms with Gasteiger partial charge in [-0.25, -0.2) is 4.79 Å². The normalized spacial score (nSPS) is 12.5. The first-order valence-electron chi connectivity index (χ1n) is 6.95. The van der Waals surface area contributed by atoms with Crippen LogP contribution in [0.25, 0.3) is 0 Å². The van der Waals surface area contributed by atoms with Gasteiger partial charge >= 0.3 is 12.1 Å². The Hall–Kier alpha value is -1.56. The molecule has 0 heterocycles. The highest BCUT2D eigenvalue weighted by molar-refractivity contribution is 9.10. The SMILES string of the molecule is COC(=O)CC(NC(=O)OC(C)(C)C)c1ccc(C)c(Br)c1. The number of esters is 1. The third-order valence-corrected chi connectivity index (χ3v) is 3.74. The molecule has 1 atom stereocenters. The fourth-order valence-corrected chi connectivity index (χ4v) is 2.17. The Morgan fingerprint density at radius 2 is 1.95 bits per heavy atom. The van der Waals surface area contributed by atoms with Gasteiger partial charge in [-0.3, -0.25) is 4.79 Å². The molecule has 0 aliphatic rings. The number of hydrogen-bond acceptors (Lipinski definition) is 4. The van der Waals surface area contributed by atoms with Crippen LogP contribution < -0.4 is 5.32 Å². The number of hydrogen-bond donors (Lipinski definition) is 1.